The van der Waals surface area contributed by atoms with Crippen LogP contribution in [0.3, 0.4) is 0 Å². The Morgan fingerprint density at radius 1 is 0.535 bits per heavy atom. The fraction of sp³-hybridized carbons (Fsp3) is 0.0625. The van der Waals surface area contributed by atoms with Crippen molar-refractivity contribution in [2.75, 3.05) is 0 Å². The number of rotatable bonds is 8. The third-order valence-corrected chi connectivity index (χ3v) is 6.97. The zero-order chi connectivity index (χ0) is 30.4. The SMILES string of the molecule is O=C(Cc1cc(Oc2ccc(O)c(CC(=O)c3ccc4c(c3)C(=O)OC4=O)c2)ccc1O)c1ccc2c(c1)C(=O)OC2=O. The highest BCUT2D eigenvalue weighted by Crippen LogP contribution is 2.32. The second kappa shape index (κ2) is 10.4. The van der Waals surface area contributed by atoms with Gasteiger partial charge in [-0.05, 0) is 60.7 Å². The minimum Gasteiger partial charge on any atom is -0.508 e. The number of carbonyl (C=O) groups excluding carboxylic acids is 6. The van der Waals surface area contributed by atoms with Gasteiger partial charge in [0, 0.05) is 35.1 Å². The molecule has 2 aliphatic heterocycles. The third-order valence-electron chi connectivity index (χ3n) is 6.97. The maximum Gasteiger partial charge on any atom is 0.346 e. The van der Waals surface area contributed by atoms with Crippen LogP contribution in [0.1, 0.15) is 73.3 Å². The van der Waals surface area contributed by atoms with E-state index in [2.05, 4.69) is 9.47 Å². The molecular formula is C32H18O11. The number of hydrogen-bond acceptors (Lipinski definition) is 11. The standard InChI is InChI=1S/C32H18O11/c33-25-7-3-19(9-17(25)13-27(35)15-1-5-21-23(11-15)31(39)42-29(21)37)41-20-4-8-26(34)18(10-20)14-28(36)16-2-6-22-24(12-16)32(40)43-30(22)38/h1-12,33-34H,13-14H2. The van der Waals surface area contributed by atoms with Crippen molar-refractivity contribution in [2.45, 2.75) is 12.8 Å². The number of esters is 4. The quantitative estimate of drug-likeness (QED) is 0.173. The molecule has 0 aromatic heterocycles. The van der Waals surface area contributed by atoms with E-state index in [1.807, 2.05) is 0 Å². The molecule has 43 heavy (non-hydrogen) atoms. The van der Waals surface area contributed by atoms with Crippen LogP contribution in [0.15, 0.2) is 72.8 Å². The van der Waals surface area contributed by atoms with Gasteiger partial charge in [-0.3, -0.25) is 9.59 Å². The summed E-state index contributed by atoms with van der Waals surface area (Å²) in [6.45, 7) is 0. The number of hydrogen-bond donors (Lipinski definition) is 2. The largest absolute Gasteiger partial charge is 0.508 e. The van der Waals surface area contributed by atoms with E-state index in [0.29, 0.717) is 0 Å². The van der Waals surface area contributed by atoms with Crippen molar-refractivity contribution in [3.63, 3.8) is 0 Å². The van der Waals surface area contributed by atoms with Gasteiger partial charge in [-0.2, -0.15) is 0 Å². The number of Topliss-reactive ketones (excluding diaryl/α,β-unsaturated/α-hetero) is 2. The van der Waals surface area contributed by atoms with Crippen molar-refractivity contribution in [3.8, 4) is 23.0 Å². The molecular weight excluding hydrogens is 560 g/mol. The van der Waals surface area contributed by atoms with Crippen LogP contribution in [0.2, 0.25) is 0 Å². The normalized spacial score (nSPS) is 13.3. The molecule has 212 valence electrons. The molecule has 4 aromatic rings. The van der Waals surface area contributed by atoms with Crippen molar-refractivity contribution in [3.05, 3.63) is 117 Å². The molecule has 0 aliphatic carbocycles. The highest BCUT2D eigenvalue weighted by atomic mass is 16.6. The number of cyclic esters (lactones) is 4. The summed E-state index contributed by atoms with van der Waals surface area (Å²) in [6, 6.07) is 16.5. The van der Waals surface area contributed by atoms with Gasteiger partial charge in [-0.25, -0.2) is 19.2 Å². The molecule has 0 saturated carbocycles. The molecule has 2 heterocycles. The van der Waals surface area contributed by atoms with Crippen molar-refractivity contribution in [2.24, 2.45) is 0 Å². The molecule has 0 amide bonds. The van der Waals surface area contributed by atoms with Gasteiger partial charge in [0.15, 0.2) is 11.6 Å². The maximum atomic E-state index is 12.9. The Morgan fingerprint density at radius 3 is 1.35 bits per heavy atom. The molecule has 11 nitrogen and oxygen atoms in total. The van der Waals surface area contributed by atoms with Gasteiger partial charge >= 0.3 is 23.9 Å². The van der Waals surface area contributed by atoms with Gasteiger partial charge in [0.25, 0.3) is 0 Å². The van der Waals surface area contributed by atoms with Gasteiger partial charge in [-0.15, -0.1) is 0 Å². The molecule has 2 N–H and O–H groups in total. The lowest BCUT2D eigenvalue weighted by Gasteiger charge is -2.12. The van der Waals surface area contributed by atoms with E-state index in [1.165, 1.54) is 72.8 Å². The smallest absolute Gasteiger partial charge is 0.346 e. The van der Waals surface area contributed by atoms with E-state index in [1.54, 1.807) is 0 Å². The van der Waals surface area contributed by atoms with Crippen LogP contribution < -0.4 is 4.74 Å². The van der Waals surface area contributed by atoms with E-state index >= 15 is 0 Å². The van der Waals surface area contributed by atoms with E-state index in [9.17, 15) is 39.0 Å². The van der Waals surface area contributed by atoms with Crippen LogP contribution >= 0.6 is 0 Å². The number of phenols is 2. The number of aromatic hydroxyl groups is 2. The predicted octanol–water partition coefficient (Wildman–Crippen LogP) is 4.36. The average Bonchev–Trinajstić information content (AvgIpc) is 3.44. The maximum absolute atomic E-state index is 12.9. The summed E-state index contributed by atoms with van der Waals surface area (Å²) in [4.78, 5) is 72.9. The van der Waals surface area contributed by atoms with Crippen LogP contribution in [0.5, 0.6) is 23.0 Å². The van der Waals surface area contributed by atoms with E-state index in [4.69, 9.17) is 4.74 Å². The van der Waals surface area contributed by atoms with Crippen LogP contribution in [-0.4, -0.2) is 45.7 Å². The summed E-state index contributed by atoms with van der Waals surface area (Å²) in [7, 11) is 0. The zero-order valence-electron chi connectivity index (χ0n) is 21.9. The Hall–Kier alpha value is -6.10. The number of phenolic OH excluding ortho intramolecular Hbond substituents is 2. The van der Waals surface area contributed by atoms with Gasteiger partial charge in [0.05, 0.1) is 22.3 Å². The Bertz CT molecular complexity index is 1800. The van der Waals surface area contributed by atoms with Crippen molar-refractivity contribution in [1.29, 1.82) is 0 Å². The van der Waals surface area contributed by atoms with Crippen molar-refractivity contribution >= 4 is 35.4 Å². The molecule has 0 bridgehead atoms. The summed E-state index contributed by atoms with van der Waals surface area (Å²) in [5, 5.41) is 20.7. The second-order valence-electron chi connectivity index (χ2n) is 9.76. The minimum absolute atomic E-state index is 0.00690. The van der Waals surface area contributed by atoms with Crippen LogP contribution in [0.25, 0.3) is 0 Å². The minimum atomic E-state index is -0.837. The Labute approximate surface area is 241 Å². The summed E-state index contributed by atoms with van der Waals surface area (Å²) >= 11 is 0. The van der Waals surface area contributed by atoms with E-state index < -0.39 is 35.4 Å². The Kier molecular flexibility index (Phi) is 6.54. The first-order valence-corrected chi connectivity index (χ1v) is 12.8. The first kappa shape index (κ1) is 27.1. The van der Waals surface area contributed by atoms with Crippen molar-refractivity contribution in [1.82, 2.24) is 0 Å². The average molecular weight is 578 g/mol. The van der Waals surface area contributed by atoms with Gasteiger partial charge in [-0.1, -0.05) is 12.1 Å². The third kappa shape index (κ3) is 5.10. The zero-order valence-corrected chi connectivity index (χ0v) is 21.9. The molecule has 0 atom stereocenters. The molecule has 0 fully saturated rings. The molecule has 6 rings (SSSR count). The van der Waals surface area contributed by atoms with Crippen LogP contribution in [0, 0.1) is 0 Å². The highest BCUT2D eigenvalue weighted by Gasteiger charge is 2.31. The Morgan fingerprint density at radius 2 is 0.930 bits per heavy atom. The monoisotopic (exact) mass is 578 g/mol. The van der Waals surface area contributed by atoms with Gasteiger partial charge in [0.1, 0.15) is 23.0 Å². The summed E-state index contributed by atoms with van der Waals surface area (Å²) in [6.07, 6.45) is -0.500. The lowest BCUT2D eigenvalue weighted by atomic mass is 9.98. The molecule has 0 saturated heterocycles. The lowest BCUT2D eigenvalue weighted by molar-refractivity contribution is 0.0425. The topological polar surface area (TPSA) is 171 Å². The number of ether oxygens (including phenoxy) is 3. The molecule has 0 spiro atoms. The number of carbonyl (C=O) groups is 6. The molecule has 4 aromatic carbocycles. The number of ketones is 2. The molecule has 0 radical (unpaired) electrons. The highest BCUT2D eigenvalue weighted by molar-refractivity contribution is 6.16. The summed E-state index contributed by atoms with van der Waals surface area (Å²) < 4.78 is 15.0. The second-order valence-corrected chi connectivity index (χ2v) is 9.76. The van der Waals surface area contributed by atoms with Gasteiger partial charge < -0.3 is 24.4 Å². The molecule has 0 unspecified atom stereocenters. The van der Waals surface area contributed by atoms with Crippen molar-refractivity contribution < 1.29 is 53.2 Å². The first-order chi connectivity index (χ1) is 20.6. The number of benzene rings is 4. The van der Waals surface area contributed by atoms with E-state index in [0.717, 1.165) is 0 Å². The first-order valence-electron chi connectivity index (χ1n) is 12.8. The predicted molar refractivity (Wildman–Crippen MR) is 145 cm³/mol. The fourth-order valence-corrected chi connectivity index (χ4v) is 4.74. The van der Waals surface area contributed by atoms with Crippen LogP contribution in [0.4, 0.5) is 0 Å². The van der Waals surface area contributed by atoms with E-state index in [-0.39, 0.29) is 80.3 Å². The summed E-state index contributed by atoms with van der Waals surface area (Å²) in [5.41, 5.74) is 0.882. The summed E-state index contributed by atoms with van der Waals surface area (Å²) in [5.74, 6) is -3.96. The number of fused-ring (bicyclic) bond motifs is 2. The molecule has 11 heteroatoms. The fourth-order valence-electron chi connectivity index (χ4n) is 4.74. The lowest BCUT2D eigenvalue weighted by Crippen LogP contribution is -2.06. The molecule has 2 aliphatic rings. The Balaban J connectivity index is 1.18. The van der Waals surface area contributed by atoms with Crippen LogP contribution in [-0.2, 0) is 22.3 Å². The van der Waals surface area contributed by atoms with Gasteiger partial charge in [0.2, 0.25) is 0 Å².